The maximum Gasteiger partial charge on any atom is 0.497 e. The lowest BCUT2D eigenvalue weighted by Crippen LogP contribution is -2.41. The van der Waals surface area contributed by atoms with Crippen LogP contribution < -0.4 is 10.8 Å². The Hall–Kier alpha value is -2.19. The van der Waals surface area contributed by atoms with Crippen molar-refractivity contribution in [2.75, 3.05) is 12.4 Å². The van der Waals surface area contributed by atoms with Gasteiger partial charge in [-0.3, -0.25) is 10.1 Å². The van der Waals surface area contributed by atoms with Crippen molar-refractivity contribution in [3.63, 3.8) is 0 Å². The molecule has 1 aromatic heterocycles. The highest BCUT2D eigenvalue weighted by atomic mass is 19.1. The van der Waals surface area contributed by atoms with E-state index < -0.39 is 24.1 Å². The summed E-state index contributed by atoms with van der Waals surface area (Å²) in [6, 6.07) is 3.38. The summed E-state index contributed by atoms with van der Waals surface area (Å²) < 4.78 is 29.0. The minimum absolute atomic E-state index is 0.0540. The monoisotopic (exact) mass is 358 g/mol. The second kappa shape index (κ2) is 6.21. The number of hydrogen-bond acceptors (Lipinski definition) is 5. The molecular formula is C18H24BFN4O2. The average molecular weight is 358 g/mol. The molecule has 3 rings (SSSR count). The lowest BCUT2D eigenvalue weighted by atomic mass is 9.77. The quantitative estimate of drug-likeness (QED) is 0.650. The van der Waals surface area contributed by atoms with Crippen LogP contribution in [0.25, 0.3) is 0 Å². The molecule has 2 aromatic rings. The van der Waals surface area contributed by atoms with E-state index in [9.17, 15) is 0 Å². The van der Waals surface area contributed by atoms with E-state index in [2.05, 4.69) is 10.4 Å². The topological polar surface area (TPSA) is 72.2 Å². The summed E-state index contributed by atoms with van der Waals surface area (Å²) in [5, 5.41) is 15.5. The smallest absolute Gasteiger partial charge is 0.399 e. The highest BCUT2D eigenvalue weighted by Crippen LogP contribution is 2.37. The van der Waals surface area contributed by atoms with E-state index >= 15 is 4.39 Å². The molecule has 0 amide bonds. The van der Waals surface area contributed by atoms with Gasteiger partial charge in [0.1, 0.15) is 5.82 Å². The summed E-state index contributed by atoms with van der Waals surface area (Å²) in [5.74, 6) is -0.524. The molecular weight excluding hydrogens is 334 g/mol. The average Bonchev–Trinajstić information content (AvgIpc) is 3.07. The van der Waals surface area contributed by atoms with Crippen molar-refractivity contribution in [3.05, 3.63) is 41.5 Å². The van der Waals surface area contributed by atoms with Gasteiger partial charge in [0.2, 0.25) is 0 Å². The zero-order valence-electron chi connectivity index (χ0n) is 16.0. The second-order valence-electron chi connectivity index (χ2n) is 7.51. The number of nitrogens with zero attached hydrogens (tertiary/aromatic N) is 2. The maximum absolute atomic E-state index is 15.5. The molecule has 1 fully saturated rings. The SMILES string of the molecule is CNc1ccc(B2OC(C)(C)C(C)(C)O2)c(F)c1C(=N)c1cnn(C)c1. The summed E-state index contributed by atoms with van der Waals surface area (Å²) in [4.78, 5) is 0. The van der Waals surface area contributed by atoms with Gasteiger partial charge < -0.3 is 14.6 Å². The van der Waals surface area contributed by atoms with Crippen LogP contribution in [0.5, 0.6) is 0 Å². The molecule has 0 bridgehead atoms. The Morgan fingerprint density at radius 1 is 1.23 bits per heavy atom. The Kier molecular flexibility index (Phi) is 4.44. The minimum Gasteiger partial charge on any atom is -0.399 e. The molecule has 138 valence electrons. The van der Waals surface area contributed by atoms with E-state index in [1.165, 1.54) is 0 Å². The van der Waals surface area contributed by atoms with Crippen molar-refractivity contribution in [2.45, 2.75) is 38.9 Å². The van der Waals surface area contributed by atoms with E-state index in [1.54, 1.807) is 43.3 Å². The van der Waals surface area contributed by atoms with Gasteiger partial charge in [0.15, 0.2) is 0 Å². The largest absolute Gasteiger partial charge is 0.497 e. The molecule has 6 nitrogen and oxygen atoms in total. The van der Waals surface area contributed by atoms with Crippen molar-refractivity contribution >= 4 is 24.0 Å². The first kappa shape index (κ1) is 18.6. The number of hydrogen-bond donors (Lipinski definition) is 2. The number of benzene rings is 1. The highest BCUT2D eigenvalue weighted by molar-refractivity contribution is 6.62. The molecule has 26 heavy (non-hydrogen) atoms. The third-order valence-electron chi connectivity index (χ3n) is 5.19. The van der Waals surface area contributed by atoms with Crippen LogP contribution in [-0.4, -0.2) is 40.9 Å². The number of nitrogens with one attached hydrogen (secondary N) is 2. The Morgan fingerprint density at radius 3 is 2.35 bits per heavy atom. The van der Waals surface area contributed by atoms with Crippen LogP contribution >= 0.6 is 0 Å². The van der Waals surface area contributed by atoms with Crippen LogP contribution in [0.3, 0.4) is 0 Å². The fraction of sp³-hybridized carbons (Fsp3) is 0.444. The van der Waals surface area contributed by atoms with E-state index in [0.29, 0.717) is 11.3 Å². The van der Waals surface area contributed by atoms with Gasteiger partial charge in [0.05, 0.1) is 28.7 Å². The predicted molar refractivity (Wildman–Crippen MR) is 101 cm³/mol. The summed E-state index contributed by atoms with van der Waals surface area (Å²) in [7, 11) is 2.63. The molecule has 2 heterocycles. The second-order valence-corrected chi connectivity index (χ2v) is 7.51. The third-order valence-corrected chi connectivity index (χ3v) is 5.19. The molecule has 1 aromatic carbocycles. The molecule has 1 aliphatic heterocycles. The van der Waals surface area contributed by atoms with E-state index in [4.69, 9.17) is 14.7 Å². The van der Waals surface area contributed by atoms with Gasteiger partial charge >= 0.3 is 7.12 Å². The van der Waals surface area contributed by atoms with Crippen LogP contribution in [0, 0.1) is 11.2 Å². The Bertz CT molecular complexity index is 847. The van der Waals surface area contributed by atoms with Crippen LogP contribution in [0.4, 0.5) is 10.1 Å². The first-order valence-electron chi connectivity index (χ1n) is 8.51. The molecule has 8 heteroatoms. The van der Waals surface area contributed by atoms with Gasteiger partial charge in [-0.25, -0.2) is 4.39 Å². The maximum atomic E-state index is 15.5. The summed E-state index contributed by atoms with van der Waals surface area (Å²) in [6.07, 6.45) is 3.23. The molecule has 1 saturated heterocycles. The van der Waals surface area contributed by atoms with Crippen molar-refractivity contribution in [1.29, 1.82) is 5.41 Å². The van der Waals surface area contributed by atoms with Crippen molar-refractivity contribution in [3.8, 4) is 0 Å². The molecule has 0 unspecified atom stereocenters. The number of anilines is 1. The Labute approximate surface area is 153 Å². The molecule has 0 saturated carbocycles. The molecule has 1 aliphatic rings. The lowest BCUT2D eigenvalue weighted by molar-refractivity contribution is 0.00578. The summed E-state index contributed by atoms with van der Waals surface area (Å²) >= 11 is 0. The van der Waals surface area contributed by atoms with Crippen molar-refractivity contribution < 1.29 is 13.7 Å². The van der Waals surface area contributed by atoms with Crippen LogP contribution in [-0.2, 0) is 16.4 Å². The number of rotatable bonds is 4. The zero-order chi connectivity index (χ0) is 19.3. The molecule has 0 spiro atoms. The van der Waals surface area contributed by atoms with Crippen molar-refractivity contribution in [1.82, 2.24) is 9.78 Å². The molecule has 0 aliphatic carbocycles. The van der Waals surface area contributed by atoms with Crippen LogP contribution in [0.1, 0.15) is 38.8 Å². The zero-order valence-corrected chi connectivity index (χ0v) is 16.0. The van der Waals surface area contributed by atoms with Crippen LogP contribution in [0.15, 0.2) is 24.5 Å². The van der Waals surface area contributed by atoms with Gasteiger partial charge in [-0.2, -0.15) is 5.10 Å². The van der Waals surface area contributed by atoms with Crippen LogP contribution in [0.2, 0.25) is 0 Å². The standard InChI is InChI=1S/C18H24BFN4O2/c1-17(2)18(3,4)26-19(25-17)12-7-8-13(22-5)14(15(12)20)16(21)11-9-23-24(6)10-11/h7-10,21-22H,1-6H3. The fourth-order valence-corrected chi connectivity index (χ4v) is 2.89. The van der Waals surface area contributed by atoms with E-state index in [0.717, 1.165) is 0 Å². The van der Waals surface area contributed by atoms with Crippen molar-refractivity contribution in [2.24, 2.45) is 7.05 Å². The Balaban J connectivity index is 2.06. The number of aryl methyl sites for hydroxylation is 1. The van der Waals surface area contributed by atoms with Gasteiger partial charge in [-0.05, 0) is 33.8 Å². The van der Waals surface area contributed by atoms with Gasteiger partial charge in [0.25, 0.3) is 0 Å². The predicted octanol–water partition coefficient (Wildman–Crippen LogP) is 2.32. The lowest BCUT2D eigenvalue weighted by Gasteiger charge is -2.32. The number of halogens is 1. The summed E-state index contributed by atoms with van der Waals surface area (Å²) in [5.41, 5.74) is 0.439. The molecule has 2 N–H and O–H groups in total. The Morgan fingerprint density at radius 2 is 1.85 bits per heavy atom. The third kappa shape index (κ3) is 2.93. The normalized spacial score (nSPS) is 18.2. The molecule has 0 radical (unpaired) electrons. The number of aromatic nitrogens is 2. The highest BCUT2D eigenvalue weighted by Gasteiger charge is 2.52. The minimum atomic E-state index is -0.827. The van der Waals surface area contributed by atoms with E-state index in [1.807, 2.05) is 27.7 Å². The first-order valence-corrected chi connectivity index (χ1v) is 8.51. The molecule has 0 atom stereocenters. The van der Waals surface area contributed by atoms with E-state index in [-0.39, 0.29) is 16.7 Å². The van der Waals surface area contributed by atoms with Gasteiger partial charge in [0, 0.05) is 37.0 Å². The summed E-state index contributed by atoms with van der Waals surface area (Å²) in [6.45, 7) is 7.69. The van der Waals surface area contributed by atoms with Gasteiger partial charge in [-0.1, -0.05) is 6.07 Å². The first-order chi connectivity index (χ1) is 12.1. The fourth-order valence-electron chi connectivity index (χ4n) is 2.89. The van der Waals surface area contributed by atoms with Gasteiger partial charge in [-0.15, -0.1) is 0 Å².